The lowest BCUT2D eigenvalue weighted by atomic mass is 9.48. The summed E-state index contributed by atoms with van der Waals surface area (Å²) in [5, 5.41) is 19.8. The van der Waals surface area contributed by atoms with Crippen molar-refractivity contribution in [3.63, 3.8) is 0 Å². The summed E-state index contributed by atoms with van der Waals surface area (Å²) in [6.07, 6.45) is 9.16. The molecular weight excluding hydrogens is 459 g/mol. The highest BCUT2D eigenvalue weighted by molar-refractivity contribution is 5.76. The van der Waals surface area contributed by atoms with Crippen molar-refractivity contribution in [1.29, 1.82) is 0 Å². The highest BCUT2D eigenvalue weighted by Crippen LogP contribution is 2.62. The van der Waals surface area contributed by atoms with Crippen LogP contribution in [0.4, 0.5) is 4.39 Å². The van der Waals surface area contributed by atoms with Gasteiger partial charge in [-0.05, 0) is 94.2 Å². The minimum absolute atomic E-state index is 0.00111. The monoisotopic (exact) mass is 498 g/mol. The Labute approximate surface area is 213 Å². The van der Waals surface area contributed by atoms with Gasteiger partial charge in [-0.25, -0.2) is 4.39 Å². The van der Waals surface area contributed by atoms with Crippen LogP contribution in [0.25, 0.3) is 17.2 Å². The molecule has 2 heterocycles. The quantitative estimate of drug-likeness (QED) is 0.495. The molecule has 196 valence electrons. The zero-order chi connectivity index (χ0) is 26.6. The number of rotatable bonds is 3. The van der Waals surface area contributed by atoms with Gasteiger partial charge in [-0.15, -0.1) is 0 Å². The van der Waals surface area contributed by atoms with Crippen LogP contribution in [0.1, 0.15) is 58.6 Å². The van der Waals surface area contributed by atoms with Gasteiger partial charge in [-0.1, -0.05) is 31.2 Å². The molecule has 1 aromatic carbocycles. The second-order valence-electron chi connectivity index (χ2n) is 10.5. The number of aliphatic carboxylic acids is 1. The number of halogens is 1. The molecule has 1 spiro atoms. The summed E-state index contributed by atoms with van der Waals surface area (Å²) in [5.41, 5.74) is 6.23. The summed E-state index contributed by atoms with van der Waals surface area (Å²) in [7, 11) is 1.50. The van der Waals surface area contributed by atoms with Crippen molar-refractivity contribution in [2.75, 3.05) is 13.7 Å². The van der Waals surface area contributed by atoms with E-state index < -0.39 is 17.5 Å². The van der Waals surface area contributed by atoms with Gasteiger partial charge in [0, 0.05) is 11.8 Å². The van der Waals surface area contributed by atoms with Crippen LogP contribution in [0.5, 0.6) is 0 Å². The van der Waals surface area contributed by atoms with E-state index in [0.717, 1.165) is 49.1 Å². The topological polar surface area (TPSA) is 109 Å². The summed E-state index contributed by atoms with van der Waals surface area (Å²) in [6.45, 7) is 6.70. The molecule has 5 atom stereocenters. The Morgan fingerprint density at radius 3 is 2.44 bits per heavy atom. The first-order chi connectivity index (χ1) is 17.1. The van der Waals surface area contributed by atoms with Crippen LogP contribution < -0.4 is 5.73 Å². The van der Waals surface area contributed by atoms with E-state index >= 15 is 0 Å². The molecule has 1 aliphatic heterocycles. The molecule has 36 heavy (non-hydrogen) atoms. The van der Waals surface area contributed by atoms with Gasteiger partial charge < -0.3 is 20.7 Å². The summed E-state index contributed by atoms with van der Waals surface area (Å²) >= 11 is 0. The Morgan fingerprint density at radius 1 is 1.17 bits per heavy atom. The molecule has 3 fully saturated rings. The molecule has 0 radical (unpaired) electrons. The first-order valence-electron chi connectivity index (χ1n) is 12.6. The van der Waals surface area contributed by atoms with Crippen molar-refractivity contribution in [3.05, 3.63) is 60.2 Å². The first kappa shape index (κ1) is 28.0. The van der Waals surface area contributed by atoms with Crippen LogP contribution in [0, 0.1) is 22.6 Å². The van der Waals surface area contributed by atoms with Gasteiger partial charge in [0.2, 0.25) is 0 Å². The maximum Gasteiger partial charge on any atom is 0.312 e. The van der Waals surface area contributed by atoms with E-state index in [1.807, 2.05) is 37.3 Å². The van der Waals surface area contributed by atoms with Crippen molar-refractivity contribution in [2.45, 2.75) is 64.6 Å². The molecule has 2 aliphatic carbocycles. The molecule has 3 aliphatic rings. The van der Waals surface area contributed by atoms with E-state index in [0.29, 0.717) is 6.42 Å². The summed E-state index contributed by atoms with van der Waals surface area (Å²) in [6, 6.07) is 10.4. The third-order valence-corrected chi connectivity index (χ3v) is 8.16. The summed E-state index contributed by atoms with van der Waals surface area (Å²) in [4.78, 5) is 15.9. The number of fused-ring (bicyclic) bond motifs is 1. The van der Waals surface area contributed by atoms with E-state index in [2.05, 4.69) is 17.6 Å². The number of aromatic nitrogens is 1. The predicted molar refractivity (Wildman–Crippen MR) is 140 cm³/mol. The zero-order valence-electron chi connectivity index (χ0n) is 21.7. The molecular formula is C29H39FN2O4. The average Bonchev–Trinajstić information content (AvgIpc) is 3.61. The number of hydrogen-bond donors (Lipinski definition) is 3. The predicted octanol–water partition coefficient (Wildman–Crippen LogP) is 5.30. The number of aliphatic hydroxyl groups is 1. The third kappa shape index (κ3) is 5.69. The number of aliphatic hydroxyl groups excluding tert-OH is 1. The van der Waals surface area contributed by atoms with Crippen molar-refractivity contribution in [3.8, 4) is 11.1 Å². The lowest BCUT2D eigenvalue weighted by molar-refractivity contribution is -0.183. The van der Waals surface area contributed by atoms with Crippen molar-refractivity contribution >= 4 is 12.0 Å². The minimum Gasteiger partial charge on any atom is -0.481 e. The number of carbonyl (C=O) groups is 1. The van der Waals surface area contributed by atoms with Gasteiger partial charge in [0.05, 0.1) is 29.4 Å². The number of benzene rings is 1. The Kier molecular flexibility index (Phi) is 8.70. The maximum absolute atomic E-state index is 13.0. The van der Waals surface area contributed by atoms with Crippen molar-refractivity contribution in [1.82, 2.24) is 4.98 Å². The molecule has 0 bridgehead atoms. The van der Waals surface area contributed by atoms with Crippen molar-refractivity contribution in [2.24, 2.45) is 22.5 Å². The smallest absolute Gasteiger partial charge is 0.312 e. The summed E-state index contributed by atoms with van der Waals surface area (Å²) < 4.78 is 18.6. The number of nitrogens with two attached hydrogens (primary N) is 1. The number of nitrogens with zero attached hydrogens (tertiary/aromatic N) is 1. The van der Waals surface area contributed by atoms with Crippen LogP contribution in [-0.2, 0) is 9.53 Å². The molecule has 0 amide bonds. The standard InChI is InChI=1S/C14H12FN.C14H22O4.CH5N/c1-2-4-14-8-7-12(10-16-14)11-5-3-6-13(15)9-11;1-12-5-4-10(15)13(2,11(16)17)9(12)3-6-14(7-12)8-18-14;1-2/h2-10H,1H3;9-10,15H,3-8H2,1-2H3,(H,16,17);2H2,1H3/b4-2+;;/t;9?,10-,12+,13+,14?;/m.1./s1. The van der Waals surface area contributed by atoms with E-state index in [1.54, 1.807) is 19.2 Å². The Bertz CT molecular complexity index is 1070. The Hall–Kier alpha value is -2.61. The number of ether oxygens (including phenoxy) is 1. The van der Waals surface area contributed by atoms with Crippen LogP contribution in [0.2, 0.25) is 0 Å². The Morgan fingerprint density at radius 2 is 1.89 bits per heavy atom. The number of pyridine rings is 1. The molecule has 1 saturated heterocycles. The molecule has 4 N–H and O–H groups in total. The molecule has 6 nitrogen and oxygen atoms in total. The molecule has 2 saturated carbocycles. The fourth-order valence-corrected chi connectivity index (χ4v) is 6.14. The van der Waals surface area contributed by atoms with Gasteiger partial charge in [0.25, 0.3) is 0 Å². The number of hydrogen-bond acceptors (Lipinski definition) is 5. The van der Waals surface area contributed by atoms with Crippen LogP contribution in [0.3, 0.4) is 0 Å². The van der Waals surface area contributed by atoms with Gasteiger partial charge in [0.1, 0.15) is 5.82 Å². The van der Waals surface area contributed by atoms with E-state index in [9.17, 15) is 19.4 Å². The lowest BCUT2D eigenvalue weighted by Crippen LogP contribution is -2.58. The fourth-order valence-electron chi connectivity index (χ4n) is 6.14. The second-order valence-corrected chi connectivity index (χ2v) is 10.5. The minimum atomic E-state index is -0.997. The molecule has 7 heteroatoms. The zero-order valence-corrected chi connectivity index (χ0v) is 21.7. The number of carboxylic acid groups (broad SMARTS) is 1. The Balaban J connectivity index is 0.000000189. The normalized spacial score (nSPS) is 32.5. The van der Waals surface area contributed by atoms with E-state index in [-0.39, 0.29) is 22.8 Å². The molecule has 2 aromatic rings. The molecule has 5 rings (SSSR count). The van der Waals surface area contributed by atoms with E-state index in [4.69, 9.17) is 4.74 Å². The van der Waals surface area contributed by atoms with Crippen molar-refractivity contribution < 1.29 is 24.1 Å². The van der Waals surface area contributed by atoms with Gasteiger partial charge in [-0.2, -0.15) is 0 Å². The third-order valence-electron chi connectivity index (χ3n) is 8.16. The fraction of sp³-hybridized carbons (Fsp3) is 0.517. The average molecular weight is 499 g/mol. The lowest BCUT2D eigenvalue weighted by Gasteiger charge is -2.55. The second kappa shape index (κ2) is 11.2. The van der Waals surface area contributed by atoms with Gasteiger partial charge >= 0.3 is 5.97 Å². The van der Waals surface area contributed by atoms with Gasteiger partial charge in [0.15, 0.2) is 0 Å². The highest BCUT2D eigenvalue weighted by atomic mass is 19.1. The maximum atomic E-state index is 13.0. The highest BCUT2D eigenvalue weighted by Gasteiger charge is 2.64. The number of carboxylic acids is 1. The molecule has 2 unspecified atom stereocenters. The van der Waals surface area contributed by atoms with Crippen LogP contribution in [-0.4, -0.2) is 46.5 Å². The summed E-state index contributed by atoms with van der Waals surface area (Å²) in [5.74, 6) is -1.02. The van der Waals surface area contributed by atoms with Crippen LogP contribution in [0.15, 0.2) is 48.7 Å². The number of allylic oxidation sites excluding steroid dienone is 1. The van der Waals surface area contributed by atoms with E-state index in [1.165, 1.54) is 19.2 Å². The van der Waals surface area contributed by atoms with Crippen LogP contribution >= 0.6 is 0 Å². The first-order valence-corrected chi connectivity index (χ1v) is 12.6. The number of epoxide rings is 1. The largest absolute Gasteiger partial charge is 0.481 e. The molecule has 1 aromatic heterocycles. The van der Waals surface area contributed by atoms with Gasteiger partial charge in [-0.3, -0.25) is 9.78 Å². The SMILES string of the molecule is C/C=C/c1ccc(-c2cccc(F)c2)cn1.CN.C[C@@]12CC[C@@H](O)[C@@](C)(C(=O)O)C1CCC1(CO1)C2.